The largest absolute Gasteiger partial charge is 0.463 e. The van der Waals surface area contributed by atoms with Gasteiger partial charge in [-0.2, -0.15) is 0 Å². The Bertz CT molecular complexity index is 839. The second-order valence-corrected chi connectivity index (χ2v) is 7.02. The van der Waals surface area contributed by atoms with E-state index in [1.165, 1.54) is 11.3 Å². The van der Waals surface area contributed by atoms with Gasteiger partial charge in [-0.3, -0.25) is 4.98 Å². The second-order valence-electron chi connectivity index (χ2n) is 6.10. The van der Waals surface area contributed by atoms with Crippen molar-refractivity contribution in [2.75, 3.05) is 13.2 Å². The van der Waals surface area contributed by atoms with Crippen molar-refractivity contribution in [3.05, 3.63) is 76.0 Å². The fourth-order valence-electron chi connectivity index (χ4n) is 3.04. The molecule has 2 aromatic rings. The molecule has 1 aromatic carbocycles. The Balaban J connectivity index is 2.03. The molecule has 1 aliphatic rings. The molecule has 0 bridgehead atoms. The Morgan fingerprint density at radius 1 is 1.04 bits per heavy atom. The number of rotatable bonds is 7. The summed E-state index contributed by atoms with van der Waals surface area (Å²) in [5.41, 5.74) is 3.52. The highest BCUT2D eigenvalue weighted by Gasteiger charge is 2.36. The van der Waals surface area contributed by atoms with E-state index in [1.807, 2.05) is 35.2 Å². The quantitative estimate of drug-likeness (QED) is 0.664. The lowest BCUT2D eigenvalue weighted by molar-refractivity contribution is -0.139. The van der Waals surface area contributed by atoms with Crippen LogP contribution in [0.1, 0.15) is 30.2 Å². The number of hydrogen-bond donors (Lipinski definition) is 0. The van der Waals surface area contributed by atoms with Crippen LogP contribution < -0.4 is 0 Å². The smallest absolute Gasteiger partial charge is 0.336 e. The maximum atomic E-state index is 12.7. The first-order valence-electron chi connectivity index (χ1n) is 9.09. The lowest BCUT2D eigenvalue weighted by atomic mass is 9.88. The molecule has 0 aliphatic carbocycles. The van der Waals surface area contributed by atoms with Crippen LogP contribution in [0.5, 0.6) is 0 Å². The zero-order valence-corrected chi connectivity index (χ0v) is 16.6. The molecule has 2 heterocycles. The van der Waals surface area contributed by atoms with Crippen LogP contribution in [0, 0.1) is 0 Å². The molecule has 3 rings (SSSR count). The van der Waals surface area contributed by atoms with Crippen LogP contribution in [0.25, 0.3) is 0 Å². The Labute approximate surface area is 168 Å². The van der Waals surface area contributed by atoms with Crippen molar-refractivity contribution >= 4 is 23.3 Å². The zero-order valence-electron chi connectivity index (χ0n) is 15.8. The molecule has 0 saturated carbocycles. The summed E-state index contributed by atoms with van der Waals surface area (Å²) in [5, 5.41) is 0. The molecular weight excluding hydrogens is 376 g/mol. The van der Waals surface area contributed by atoms with Crippen molar-refractivity contribution in [3.63, 3.8) is 0 Å². The number of thiazole rings is 1. The number of carbonyl (C=O) groups excluding carboxylic acids is 2. The third-order valence-electron chi connectivity index (χ3n) is 4.20. The van der Waals surface area contributed by atoms with Crippen molar-refractivity contribution < 1.29 is 19.1 Å². The molecule has 28 heavy (non-hydrogen) atoms. The van der Waals surface area contributed by atoms with E-state index in [4.69, 9.17) is 9.47 Å². The maximum Gasteiger partial charge on any atom is 0.336 e. The van der Waals surface area contributed by atoms with Gasteiger partial charge in [0.1, 0.15) is 0 Å². The zero-order chi connectivity index (χ0) is 19.9. The minimum atomic E-state index is -0.558. The van der Waals surface area contributed by atoms with Gasteiger partial charge in [-0.15, -0.1) is 11.3 Å². The topological polar surface area (TPSA) is 68.7 Å². The number of esters is 2. The summed E-state index contributed by atoms with van der Waals surface area (Å²) in [5.74, 6) is -1.46. The predicted molar refractivity (Wildman–Crippen MR) is 106 cm³/mol. The van der Waals surface area contributed by atoms with Gasteiger partial charge in [0.2, 0.25) is 0 Å². The Morgan fingerprint density at radius 2 is 1.64 bits per heavy atom. The minimum Gasteiger partial charge on any atom is -0.463 e. The molecule has 0 spiro atoms. The molecule has 1 aliphatic heterocycles. The predicted octanol–water partition coefficient (Wildman–Crippen LogP) is 3.64. The van der Waals surface area contributed by atoms with Gasteiger partial charge in [0.05, 0.1) is 35.8 Å². The number of ether oxygens (including phenoxy) is 2. The van der Waals surface area contributed by atoms with E-state index < -0.39 is 17.9 Å². The fraction of sp³-hybridized carbons (Fsp3) is 0.286. The SMILES string of the molecule is CCOC(=O)C1=CN(Cc2ccccc2)C=C(C(=O)OCC)C1c1cncs1. The number of aromatic nitrogens is 1. The van der Waals surface area contributed by atoms with Gasteiger partial charge in [-0.1, -0.05) is 30.3 Å². The van der Waals surface area contributed by atoms with Crippen LogP contribution in [-0.4, -0.2) is 35.0 Å². The average Bonchev–Trinajstić information content (AvgIpc) is 3.23. The van der Waals surface area contributed by atoms with Crippen molar-refractivity contribution in [1.29, 1.82) is 0 Å². The maximum absolute atomic E-state index is 12.7. The van der Waals surface area contributed by atoms with Crippen molar-refractivity contribution in [2.45, 2.75) is 26.3 Å². The summed E-state index contributed by atoms with van der Waals surface area (Å²) in [4.78, 5) is 32.2. The van der Waals surface area contributed by atoms with Crippen molar-refractivity contribution in [3.8, 4) is 0 Å². The van der Waals surface area contributed by atoms with Crippen LogP contribution in [0.15, 0.2) is 65.6 Å². The first-order chi connectivity index (χ1) is 13.6. The molecule has 1 aromatic heterocycles. The Hall–Kier alpha value is -2.93. The van der Waals surface area contributed by atoms with E-state index in [0.29, 0.717) is 17.7 Å². The Morgan fingerprint density at radius 3 is 2.14 bits per heavy atom. The number of carbonyl (C=O) groups is 2. The van der Waals surface area contributed by atoms with E-state index in [-0.39, 0.29) is 13.2 Å². The van der Waals surface area contributed by atoms with E-state index in [0.717, 1.165) is 10.4 Å². The third kappa shape index (κ3) is 4.48. The number of hydrogen-bond acceptors (Lipinski definition) is 7. The minimum absolute atomic E-state index is 0.253. The highest BCUT2D eigenvalue weighted by atomic mass is 32.1. The van der Waals surface area contributed by atoms with Gasteiger partial charge in [0.15, 0.2) is 0 Å². The number of benzene rings is 1. The van der Waals surface area contributed by atoms with Crippen LogP contribution in [0.3, 0.4) is 0 Å². The van der Waals surface area contributed by atoms with Gasteiger partial charge in [-0.05, 0) is 19.4 Å². The molecule has 0 N–H and O–H groups in total. The van der Waals surface area contributed by atoms with Gasteiger partial charge in [-0.25, -0.2) is 9.59 Å². The molecule has 0 amide bonds. The Kier molecular flexibility index (Phi) is 6.60. The summed E-state index contributed by atoms with van der Waals surface area (Å²) in [7, 11) is 0. The number of nitrogens with zero attached hydrogens (tertiary/aromatic N) is 2. The van der Waals surface area contributed by atoms with Gasteiger partial charge in [0, 0.05) is 30.0 Å². The molecule has 0 fully saturated rings. The average molecular weight is 398 g/mol. The molecule has 7 heteroatoms. The highest BCUT2D eigenvalue weighted by Crippen LogP contribution is 2.39. The van der Waals surface area contributed by atoms with Crippen LogP contribution in [-0.2, 0) is 25.6 Å². The van der Waals surface area contributed by atoms with E-state index in [1.54, 1.807) is 38.0 Å². The highest BCUT2D eigenvalue weighted by molar-refractivity contribution is 7.09. The molecule has 6 nitrogen and oxygen atoms in total. The van der Waals surface area contributed by atoms with E-state index >= 15 is 0 Å². The molecule has 0 radical (unpaired) electrons. The van der Waals surface area contributed by atoms with Crippen LogP contribution in [0.4, 0.5) is 0 Å². The second kappa shape index (κ2) is 9.32. The van der Waals surface area contributed by atoms with E-state index in [9.17, 15) is 9.59 Å². The summed E-state index contributed by atoms with van der Waals surface area (Å²) >= 11 is 1.39. The summed E-state index contributed by atoms with van der Waals surface area (Å²) in [6.07, 6.45) is 5.17. The standard InChI is InChI=1S/C21H22N2O4S/c1-3-26-20(24)16-12-23(11-15-8-6-5-7-9-15)13-17(21(25)27-4-2)19(16)18-10-22-14-28-18/h5-10,12-14,19H,3-4,11H2,1-2H3. The van der Waals surface area contributed by atoms with Crippen LogP contribution in [0.2, 0.25) is 0 Å². The summed E-state index contributed by atoms with van der Waals surface area (Å²) in [6.45, 7) is 4.53. The first-order valence-corrected chi connectivity index (χ1v) is 9.97. The molecule has 0 saturated heterocycles. The monoisotopic (exact) mass is 398 g/mol. The van der Waals surface area contributed by atoms with Crippen LogP contribution >= 0.6 is 11.3 Å². The normalized spacial score (nSPS) is 14.3. The van der Waals surface area contributed by atoms with Gasteiger partial charge < -0.3 is 14.4 Å². The van der Waals surface area contributed by atoms with Gasteiger partial charge >= 0.3 is 11.9 Å². The molecule has 0 unspecified atom stereocenters. The van der Waals surface area contributed by atoms with Gasteiger partial charge in [0.25, 0.3) is 0 Å². The van der Waals surface area contributed by atoms with Crippen molar-refractivity contribution in [1.82, 2.24) is 9.88 Å². The lowest BCUT2D eigenvalue weighted by Gasteiger charge is -2.29. The fourth-order valence-corrected chi connectivity index (χ4v) is 3.80. The summed E-state index contributed by atoms with van der Waals surface area (Å²) in [6, 6.07) is 9.83. The summed E-state index contributed by atoms with van der Waals surface area (Å²) < 4.78 is 10.5. The lowest BCUT2D eigenvalue weighted by Crippen LogP contribution is -2.29. The van der Waals surface area contributed by atoms with E-state index in [2.05, 4.69) is 4.98 Å². The van der Waals surface area contributed by atoms with Crippen molar-refractivity contribution in [2.24, 2.45) is 0 Å². The third-order valence-corrected chi connectivity index (χ3v) is 5.04. The molecule has 146 valence electrons. The first kappa shape index (κ1) is 19.8. The molecular formula is C21H22N2O4S. The molecule has 0 atom stereocenters.